The van der Waals surface area contributed by atoms with Crippen LogP contribution in [0.4, 0.5) is 0 Å². The first-order valence-corrected chi connectivity index (χ1v) is 8.42. The van der Waals surface area contributed by atoms with Crippen molar-refractivity contribution in [1.82, 2.24) is 14.7 Å². The third-order valence-electron chi connectivity index (χ3n) is 4.72. The number of likely N-dealkylation sites (tertiary alicyclic amines) is 1. The minimum Gasteiger partial charge on any atom is -0.326 e. The van der Waals surface area contributed by atoms with Crippen LogP contribution in [0.5, 0.6) is 0 Å². The fourth-order valence-electron chi connectivity index (χ4n) is 3.50. The van der Waals surface area contributed by atoms with E-state index in [-0.39, 0.29) is 18.4 Å². The molecule has 0 unspecified atom stereocenters. The Morgan fingerprint density at radius 1 is 0.920 bits per heavy atom. The molecule has 2 heterocycles. The van der Waals surface area contributed by atoms with Crippen LogP contribution in [-0.4, -0.2) is 33.8 Å². The molecule has 0 spiro atoms. The first-order chi connectivity index (χ1) is 11.8. The Morgan fingerprint density at radius 2 is 1.60 bits per heavy atom. The van der Waals surface area contributed by atoms with Crippen LogP contribution in [0.1, 0.15) is 17.2 Å². The summed E-state index contributed by atoms with van der Waals surface area (Å²) in [6, 6.07) is 23.1. The highest BCUT2D eigenvalue weighted by Gasteiger charge is 2.31. The van der Waals surface area contributed by atoms with E-state index in [1.807, 2.05) is 29.1 Å². The molecule has 0 amide bonds. The van der Waals surface area contributed by atoms with Gasteiger partial charge in [0.25, 0.3) is 0 Å². The monoisotopic (exact) mass is 354 g/mol. The van der Waals surface area contributed by atoms with Crippen molar-refractivity contribution in [2.45, 2.75) is 18.5 Å². The maximum atomic E-state index is 6.38. The Morgan fingerprint density at radius 3 is 2.32 bits per heavy atom. The van der Waals surface area contributed by atoms with Gasteiger partial charge in [0, 0.05) is 37.8 Å². The third kappa shape index (κ3) is 3.93. The van der Waals surface area contributed by atoms with Crippen LogP contribution in [0, 0.1) is 0 Å². The van der Waals surface area contributed by atoms with Gasteiger partial charge in [-0.25, -0.2) is 4.68 Å². The Kier molecular flexibility index (Phi) is 5.53. The van der Waals surface area contributed by atoms with Crippen molar-refractivity contribution in [2.24, 2.45) is 5.73 Å². The molecule has 4 rings (SSSR count). The van der Waals surface area contributed by atoms with Gasteiger partial charge in [0.15, 0.2) is 0 Å². The molecule has 2 N–H and O–H groups in total. The summed E-state index contributed by atoms with van der Waals surface area (Å²) in [7, 11) is 0. The highest BCUT2D eigenvalue weighted by atomic mass is 35.5. The van der Waals surface area contributed by atoms with Crippen molar-refractivity contribution in [3.05, 3.63) is 84.2 Å². The lowest BCUT2D eigenvalue weighted by atomic mass is 9.95. The smallest absolute Gasteiger partial charge is 0.0769 e. The summed E-state index contributed by atoms with van der Waals surface area (Å²) in [5, 5.41) is 4.70. The largest absolute Gasteiger partial charge is 0.326 e. The van der Waals surface area contributed by atoms with Crippen LogP contribution in [0.2, 0.25) is 0 Å². The van der Waals surface area contributed by atoms with Crippen LogP contribution in [0.3, 0.4) is 0 Å². The van der Waals surface area contributed by atoms with E-state index in [1.165, 1.54) is 5.56 Å². The van der Waals surface area contributed by atoms with Crippen molar-refractivity contribution in [3.8, 4) is 5.69 Å². The number of nitrogens with zero attached hydrogens (tertiary/aromatic N) is 3. The van der Waals surface area contributed by atoms with Gasteiger partial charge < -0.3 is 5.73 Å². The number of hydrogen-bond acceptors (Lipinski definition) is 3. The summed E-state index contributed by atoms with van der Waals surface area (Å²) >= 11 is 0. The summed E-state index contributed by atoms with van der Waals surface area (Å²) in [4.78, 5) is 2.40. The van der Waals surface area contributed by atoms with Gasteiger partial charge >= 0.3 is 0 Å². The topological polar surface area (TPSA) is 47.1 Å². The number of aromatic nitrogens is 2. The van der Waals surface area contributed by atoms with E-state index in [1.54, 1.807) is 0 Å². The number of para-hydroxylation sites is 1. The van der Waals surface area contributed by atoms with Gasteiger partial charge in [-0.2, -0.15) is 5.10 Å². The van der Waals surface area contributed by atoms with Gasteiger partial charge in [-0.15, -0.1) is 12.4 Å². The lowest BCUT2D eigenvalue weighted by molar-refractivity contribution is 0.319. The van der Waals surface area contributed by atoms with Gasteiger partial charge in [-0.3, -0.25) is 4.90 Å². The number of hydrogen-bond donors (Lipinski definition) is 1. The molecule has 0 aliphatic carbocycles. The fraction of sp³-hybridized carbons (Fsp3) is 0.250. The second-order valence-electron chi connectivity index (χ2n) is 6.46. The van der Waals surface area contributed by atoms with Crippen LogP contribution in [0.15, 0.2) is 72.9 Å². The molecule has 4 nitrogen and oxygen atoms in total. The summed E-state index contributed by atoms with van der Waals surface area (Å²) in [6.07, 6.45) is 2.02. The van der Waals surface area contributed by atoms with Crippen LogP contribution < -0.4 is 5.73 Å². The molecule has 2 aromatic carbocycles. The SMILES string of the molecule is Cl.N[C@@H]1CN(Cc2ccn(-c3ccccc3)n2)C[C@H]1c1ccccc1. The van der Waals surface area contributed by atoms with Crippen molar-refractivity contribution in [1.29, 1.82) is 0 Å². The molecule has 2 atom stereocenters. The molecule has 1 saturated heterocycles. The molecule has 25 heavy (non-hydrogen) atoms. The molecule has 0 bridgehead atoms. The second-order valence-corrected chi connectivity index (χ2v) is 6.46. The average Bonchev–Trinajstić information content (AvgIpc) is 3.23. The summed E-state index contributed by atoms with van der Waals surface area (Å²) in [5.41, 5.74) is 9.89. The minimum atomic E-state index is 0. The number of halogens is 1. The molecule has 0 radical (unpaired) electrons. The standard InChI is InChI=1S/C20H22N4.ClH/c21-20-15-23(14-19(20)16-7-3-1-4-8-16)13-17-11-12-24(22-17)18-9-5-2-6-10-18;/h1-12,19-20H,13-15,21H2;1H/t19-,20+;/m0./s1. The molecule has 3 aromatic rings. The van der Waals surface area contributed by atoms with Gasteiger partial charge in [-0.05, 0) is 23.8 Å². The lowest BCUT2D eigenvalue weighted by Gasteiger charge is -2.15. The van der Waals surface area contributed by atoms with Gasteiger partial charge in [0.1, 0.15) is 0 Å². The van der Waals surface area contributed by atoms with Crippen molar-refractivity contribution in [3.63, 3.8) is 0 Å². The first-order valence-electron chi connectivity index (χ1n) is 8.42. The Labute approximate surface area is 154 Å². The summed E-state index contributed by atoms with van der Waals surface area (Å²) < 4.78 is 1.93. The first kappa shape index (κ1) is 17.7. The highest BCUT2D eigenvalue weighted by molar-refractivity contribution is 5.85. The molecule has 1 aliphatic heterocycles. The number of benzene rings is 2. The van der Waals surface area contributed by atoms with Gasteiger partial charge in [0.05, 0.1) is 11.4 Å². The van der Waals surface area contributed by atoms with E-state index in [9.17, 15) is 0 Å². The van der Waals surface area contributed by atoms with Crippen LogP contribution in [-0.2, 0) is 6.54 Å². The molecular formula is C20H23ClN4. The average molecular weight is 355 g/mol. The molecule has 5 heteroatoms. The Balaban J connectivity index is 0.00000182. The molecule has 1 aromatic heterocycles. The predicted octanol–water partition coefficient (Wildman–Crippen LogP) is 3.22. The number of rotatable bonds is 4. The molecule has 0 saturated carbocycles. The maximum Gasteiger partial charge on any atom is 0.0769 e. The minimum absolute atomic E-state index is 0. The van der Waals surface area contributed by atoms with E-state index in [4.69, 9.17) is 10.8 Å². The summed E-state index contributed by atoms with van der Waals surface area (Å²) in [6.45, 7) is 2.75. The van der Waals surface area contributed by atoms with Crippen molar-refractivity contribution >= 4 is 12.4 Å². The lowest BCUT2D eigenvalue weighted by Crippen LogP contribution is -2.28. The van der Waals surface area contributed by atoms with Gasteiger partial charge in [-0.1, -0.05) is 48.5 Å². The van der Waals surface area contributed by atoms with E-state index >= 15 is 0 Å². The van der Waals surface area contributed by atoms with E-state index < -0.39 is 0 Å². The third-order valence-corrected chi connectivity index (χ3v) is 4.72. The Bertz CT molecular complexity index is 788. The maximum absolute atomic E-state index is 6.38. The zero-order chi connectivity index (χ0) is 16.4. The van der Waals surface area contributed by atoms with Crippen molar-refractivity contribution in [2.75, 3.05) is 13.1 Å². The van der Waals surface area contributed by atoms with E-state index in [0.29, 0.717) is 5.92 Å². The predicted molar refractivity (Wildman–Crippen MR) is 103 cm³/mol. The van der Waals surface area contributed by atoms with E-state index in [2.05, 4.69) is 53.4 Å². The molecule has 1 aliphatic rings. The molecule has 130 valence electrons. The Hall–Kier alpha value is -2.14. The van der Waals surface area contributed by atoms with Gasteiger partial charge in [0.2, 0.25) is 0 Å². The van der Waals surface area contributed by atoms with E-state index in [0.717, 1.165) is 31.0 Å². The normalized spacial score (nSPS) is 20.4. The second kappa shape index (κ2) is 7.83. The molecular weight excluding hydrogens is 332 g/mol. The van der Waals surface area contributed by atoms with Crippen molar-refractivity contribution < 1.29 is 0 Å². The highest BCUT2D eigenvalue weighted by Crippen LogP contribution is 2.27. The zero-order valence-corrected chi connectivity index (χ0v) is 14.8. The fourth-order valence-corrected chi connectivity index (χ4v) is 3.50. The number of nitrogens with two attached hydrogens (primary N) is 1. The summed E-state index contributed by atoms with van der Waals surface area (Å²) in [5.74, 6) is 0.405. The van der Waals surface area contributed by atoms with Crippen LogP contribution >= 0.6 is 12.4 Å². The molecule has 1 fully saturated rings. The quantitative estimate of drug-likeness (QED) is 0.782. The zero-order valence-electron chi connectivity index (χ0n) is 14.0. The van der Waals surface area contributed by atoms with Crippen LogP contribution in [0.25, 0.3) is 5.69 Å².